The Morgan fingerprint density at radius 3 is 2.59 bits per heavy atom. The van der Waals surface area contributed by atoms with Gasteiger partial charge in [0.2, 0.25) is 0 Å². The molecule has 29 heavy (non-hydrogen) atoms. The molecule has 0 aliphatic carbocycles. The molecular formula is C23H27N3O2S. The number of primary amides is 1. The molecule has 3 aromatic rings. The topological polar surface area (TPSA) is 70.1 Å². The second-order valence-electron chi connectivity index (χ2n) is 6.99. The van der Waals surface area contributed by atoms with Gasteiger partial charge in [-0.2, -0.15) is 0 Å². The number of nitrogens with two attached hydrogens (primary N) is 1. The molecule has 3 rings (SSSR count). The van der Waals surface area contributed by atoms with Crippen molar-refractivity contribution in [3.63, 3.8) is 0 Å². The third kappa shape index (κ3) is 5.71. The van der Waals surface area contributed by atoms with Gasteiger partial charge in [0, 0.05) is 11.1 Å². The predicted molar refractivity (Wildman–Crippen MR) is 117 cm³/mol. The molecule has 0 aliphatic rings. The molecule has 1 amide bonds. The summed E-state index contributed by atoms with van der Waals surface area (Å²) in [5, 5.41) is 0. The van der Waals surface area contributed by atoms with E-state index in [-0.39, 0.29) is 17.8 Å². The molecule has 0 aliphatic heterocycles. The standard InChI is InChI=1S/C23H27N3O2S/c1-17(28-15-18-8-4-3-5-9-18)21(26-14-20(23(24)27)25-16-26)13-12-19-10-6-7-11-22(19)29-2/h3-11,14,16-17,21H,12-13,15H2,1-2H3,(H2,24,27). The molecule has 2 unspecified atom stereocenters. The van der Waals surface area contributed by atoms with Crippen molar-refractivity contribution in [2.45, 2.75) is 43.4 Å². The van der Waals surface area contributed by atoms with Gasteiger partial charge in [0.25, 0.3) is 5.91 Å². The maximum atomic E-state index is 11.5. The molecular weight excluding hydrogens is 382 g/mol. The molecule has 0 fully saturated rings. The van der Waals surface area contributed by atoms with Crippen LogP contribution in [-0.2, 0) is 17.8 Å². The van der Waals surface area contributed by atoms with Crippen molar-refractivity contribution in [3.05, 3.63) is 83.9 Å². The zero-order chi connectivity index (χ0) is 20.6. The van der Waals surface area contributed by atoms with Crippen LogP contribution in [0.3, 0.4) is 0 Å². The third-order valence-electron chi connectivity index (χ3n) is 5.04. The van der Waals surface area contributed by atoms with Crippen molar-refractivity contribution >= 4 is 17.7 Å². The molecule has 152 valence electrons. The first-order valence-electron chi connectivity index (χ1n) is 9.69. The van der Waals surface area contributed by atoms with Gasteiger partial charge < -0.3 is 15.0 Å². The van der Waals surface area contributed by atoms with Crippen molar-refractivity contribution in [2.24, 2.45) is 5.73 Å². The molecule has 1 aromatic heterocycles. The van der Waals surface area contributed by atoms with E-state index in [1.807, 2.05) is 22.8 Å². The SMILES string of the molecule is CSc1ccccc1CCC(C(C)OCc1ccccc1)n1cnc(C(N)=O)c1. The molecule has 6 heteroatoms. The van der Waals surface area contributed by atoms with Crippen LogP contribution in [0.4, 0.5) is 0 Å². The number of hydrogen-bond acceptors (Lipinski definition) is 4. The Labute approximate surface area is 176 Å². The minimum absolute atomic E-state index is 0.0363. The second kappa shape index (κ2) is 10.3. The van der Waals surface area contributed by atoms with E-state index >= 15 is 0 Å². The van der Waals surface area contributed by atoms with Gasteiger partial charge in [0.15, 0.2) is 0 Å². The van der Waals surface area contributed by atoms with Crippen molar-refractivity contribution in [2.75, 3.05) is 6.26 Å². The van der Waals surface area contributed by atoms with E-state index in [9.17, 15) is 4.79 Å². The summed E-state index contributed by atoms with van der Waals surface area (Å²) in [6, 6.07) is 18.6. The maximum absolute atomic E-state index is 11.5. The minimum atomic E-state index is -0.520. The van der Waals surface area contributed by atoms with Crippen molar-refractivity contribution in [3.8, 4) is 0 Å². The van der Waals surface area contributed by atoms with E-state index < -0.39 is 5.91 Å². The first-order chi connectivity index (χ1) is 14.1. The van der Waals surface area contributed by atoms with Gasteiger partial charge in [-0.3, -0.25) is 4.79 Å². The van der Waals surface area contributed by atoms with Gasteiger partial charge in [0.05, 0.1) is 25.1 Å². The number of amides is 1. The predicted octanol–water partition coefficient (Wildman–Crippen LogP) is 4.48. The summed E-state index contributed by atoms with van der Waals surface area (Å²) < 4.78 is 8.15. The lowest BCUT2D eigenvalue weighted by Crippen LogP contribution is -2.24. The molecule has 0 bridgehead atoms. The molecule has 2 aromatic carbocycles. The number of aromatic nitrogens is 2. The van der Waals surface area contributed by atoms with Crippen molar-refractivity contribution < 1.29 is 9.53 Å². The van der Waals surface area contributed by atoms with Gasteiger partial charge in [-0.05, 0) is 43.2 Å². The normalized spacial score (nSPS) is 13.2. The van der Waals surface area contributed by atoms with Crippen LogP contribution < -0.4 is 5.73 Å². The monoisotopic (exact) mass is 409 g/mol. The molecule has 0 saturated heterocycles. The van der Waals surface area contributed by atoms with Crippen LogP contribution in [0.15, 0.2) is 72.0 Å². The number of carbonyl (C=O) groups is 1. The lowest BCUT2D eigenvalue weighted by molar-refractivity contribution is 0.0148. The largest absolute Gasteiger partial charge is 0.372 e. The average Bonchev–Trinajstić information content (AvgIpc) is 3.24. The van der Waals surface area contributed by atoms with Crippen LogP contribution in [0.1, 0.15) is 41.0 Å². The summed E-state index contributed by atoms with van der Waals surface area (Å²) >= 11 is 1.76. The first kappa shape index (κ1) is 21.1. The Hall–Kier alpha value is -2.57. The smallest absolute Gasteiger partial charge is 0.268 e. The highest BCUT2D eigenvalue weighted by atomic mass is 32.2. The Morgan fingerprint density at radius 1 is 1.17 bits per heavy atom. The van der Waals surface area contributed by atoms with E-state index in [1.54, 1.807) is 24.3 Å². The summed E-state index contributed by atoms with van der Waals surface area (Å²) in [6.07, 6.45) is 7.19. The van der Waals surface area contributed by atoms with Crippen molar-refractivity contribution in [1.29, 1.82) is 0 Å². The highest BCUT2D eigenvalue weighted by molar-refractivity contribution is 7.98. The van der Waals surface area contributed by atoms with E-state index in [0.717, 1.165) is 18.4 Å². The molecule has 2 N–H and O–H groups in total. The molecule has 1 heterocycles. The molecule has 0 saturated carbocycles. The number of rotatable bonds is 10. The summed E-state index contributed by atoms with van der Waals surface area (Å²) in [5.41, 5.74) is 8.11. The number of benzene rings is 2. The number of imidazole rings is 1. The van der Waals surface area contributed by atoms with Gasteiger partial charge in [-0.15, -0.1) is 11.8 Å². The highest BCUT2D eigenvalue weighted by Crippen LogP contribution is 2.27. The van der Waals surface area contributed by atoms with E-state index in [2.05, 4.69) is 54.6 Å². The summed E-state index contributed by atoms with van der Waals surface area (Å²) in [5.74, 6) is -0.520. The molecule has 5 nitrogen and oxygen atoms in total. The highest BCUT2D eigenvalue weighted by Gasteiger charge is 2.22. The summed E-state index contributed by atoms with van der Waals surface area (Å²) in [6.45, 7) is 2.61. The second-order valence-corrected chi connectivity index (χ2v) is 7.84. The number of thioether (sulfide) groups is 1. The lowest BCUT2D eigenvalue weighted by atomic mass is 10.0. The number of ether oxygens (including phenoxy) is 1. The fourth-order valence-electron chi connectivity index (χ4n) is 3.40. The third-order valence-corrected chi connectivity index (χ3v) is 5.87. The van der Waals surface area contributed by atoms with Crippen LogP contribution >= 0.6 is 11.8 Å². The Kier molecular flexibility index (Phi) is 7.49. The van der Waals surface area contributed by atoms with Crippen LogP contribution in [0.25, 0.3) is 0 Å². The van der Waals surface area contributed by atoms with Gasteiger partial charge in [0.1, 0.15) is 5.69 Å². The number of hydrogen-bond donors (Lipinski definition) is 1. The minimum Gasteiger partial charge on any atom is -0.372 e. The maximum Gasteiger partial charge on any atom is 0.268 e. The summed E-state index contributed by atoms with van der Waals surface area (Å²) in [7, 11) is 0. The number of nitrogens with zero attached hydrogens (tertiary/aromatic N) is 2. The van der Waals surface area contributed by atoms with E-state index in [4.69, 9.17) is 10.5 Å². The number of carbonyl (C=O) groups excluding carboxylic acids is 1. The Bertz CT molecular complexity index is 927. The molecule has 2 atom stereocenters. The van der Waals surface area contributed by atoms with Crippen LogP contribution in [0.2, 0.25) is 0 Å². The van der Waals surface area contributed by atoms with E-state index in [0.29, 0.717) is 6.61 Å². The fraction of sp³-hybridized carbons (Fsp3) is 0.304. The Morgan fingerprint density at radius 2 is 1.90 bits per heavy atom. The summed E-state index contributed by atoms with van der Waals surface area (Å²) in [4.78, 5) is 16.9. The van der Waals surface area contributed by atoms with Gasteiger partial charge in [-0.1, -0.05) is 48.5 Å². The fourth-order valence-corrected chi connectivity index (χ4v) is 4.04. The zero-order valence-electron chi connectivity index (χ0n) is 16.8. The quantitative estimate of drug-likeness (QED) is 0.501. The lowest BCUT2D eigenvalue weighted by Gasteiger charge is -2.26. The average molecular weight is 410 g/mol. The molecule has 0 spiro atoms. The van der Waals surface area contributed by atoms with Crippen LogP contribution in [0, 0.1) is 0 Å². The van der Waals surface area contributed by atoms with Gasteiger partial charge >= 0.3 is 0 Å². The Balaban J connectivity index is 1.75. The van der Waals surface area contributed by atoms with Crippen molar-refractivity contribution in [1.82, 2.24) is 9.55 Å². The molecule has 0 radical (unpaired) electrons. The first-order valence-corrected chi connectivity index (χ1v) is 10.9. The van der Waals surface area contributed by atoms with E-state index in [1.165, 1.54) is 10.5 Å². The number of aryl methyl sites for hydroxylation is 1. The van der Waals surface area contributed by atoms with Crippen LogP contribution in [0.5, 0.6) is 0 Å². The van der Waals surface area contributed by atoms with Gasteiger partial charge in [-0.25, -0.2) is 4.98 Å². The zero-order valence-corrected chi connectivity index (χ0v) is 17.6. The van der Waals surface area contributed by atoms with Crippen LogP contribution in [-0.4, -0.2) is 27.8 Å².